The van der Waals surface area contributed by atoms with Gasteiger partial charge in [0.2, 0.25) is 5.91 Å². The van der Waals surface area contributed by atoms with Crippen molar-refractivity contribution in [1.29, 1.82) is 0 Å². The van der Waals surface area contributed by atoms with Crippen LogP contribution in [0.2, 0.25) is 0 Å². The maximum atomic E-state index is 11.4. The summed E-state index contributed by atoms with van der Waals surface area (Å²) in [6.45, 7) is 5.26. The molecular weight excluding hydrogens is 228 g/mol. The van der Waals surface area contributed by atoms with Crippen molar-refractivity contribution >= 4 is 12.1 Å². The first kappa shape index (κ1) is 12.8. The van der Waals surface area contributed by atoms with E-state index in [0.29, 0.717) is 12.5 Å². The van der Waals surface area contributed by atoms with Gasteiger partial charge in [0.1, 0.15) is 0 Å². The maximum Gasteiger partial charge on any atom is 0.220 e. The predicted molar refractivity (Wildman–Crippen MR) is 70.7 cm³/mol. The quantitative estimate of drug-likeness (QED) is 0.678. The Morgan fingerprint density at radius 1 is 1.61 bits per heavy atom. The van der Waals surface area contributed by atoms with E-state index in [1.165, 1.54) is 0 Å². The summed E-state index contributed by atoms with van der Waals surface area (Å²) in [4.78, 5) is 11.4. The van der Waals surface area contributed by atoms with Gasteiger partial charge in [-0.2, -0.15) is 5.10 Å². The van der Waals surface area contributed by atoms with Crippen molar-refractivity contribution in [3.8, 4) is 0 Å². The first-order chi connectivity index (χ1) is 8.78. The molecule has 5 nitrogen and oxygen atoms in total. The number of carbonyl (C=O) groups is 1. The topological polar surface area (TPSA) is 59.0 Å². The van der Waals surface area contributed by atoms with Gasteiger partial charge >= 0.3 is 0 Å². The number of amides is 1. The molecule has 1 aliphatic rings. The van der Waals surface area contributed by atoms with E-state index in [1.54, 1.807) is 10.9 Å². The zero-order valence-corrected chi connectivity index (χ0v) is 10.6. The van der Waals surface area contributed by atoms with Crippen molar-refractivity contribution in [3.05, 3.63) is 24.5 Å². The molecule has 0 unspecified atom stereocenters. The first-order valence-electron chi connectivity index (χ1n) is 6.43. The van der Waals surface area contributed by atoms with Gasteiger partial charge in [0.05, 0.1) is 6.20 Å². The van der Waals surface area contributed by atoms with Gasteiger partial charge in [-0.25, -0.2) is 4.68 Å². The summed E-state index contributed by atoms with van der Waals surface area (Å²) < 4.78 is 1.68. The first-order valence-corrected chi connectivity index (χ1v) is 6.43. The summed E-state index contributed by atoms with van der Waals surface area (Å²) in [6.07, 6.45) is 9.18. The molecule has 5 heteroatoms. The van der Waals surface area contributed by atoms with Gasteiger partial charge in [-0.1, -0.05) is 6.58 Å². The van der Waals surface area contributed by atoms with E-state index in [4.69, 9.17) is 0 Å². The number of aromatic nitrogens is 2. The second-order valence-corrected chi connectivity index (χ2v) is 4.63. The highest BCUT2D eigenvalue weighted by molar-refractivity contribution is 5.76. The van der Waals surface area contributed by atoms with Crippen LogP contribution in [-0.2, 0) is 11.3 Å². The van der Waals surface area contributed by atoms with E-state index in [0.717, 1.165) is 37.9 Å². The standard InChI is InChI=1S/C13H20N4O/c1-2-17-10-11(9-15-17)8-14-7-3-4-13(18)16-12-5-6-12/h2,9-10,12,14H,1,3-8H2,(H,16,18). The van der Waals surface area contributed by atoms with Crippen molar-refractivity contribution < 1.29 is 4.79 Å². The second-order valence-electron chi connectivity index (χ2n) is 4.63. The highest BCUT2D eigenvalue weighted by Gasteiger charge is 2.22. The Balaban J connectivity index is 1.52. The fourth-order valence-corrected chi connectivity index (χ4v) is 1.70. The molecule has 2 rings (SSSR count). The van der Waals surface area contributed by atoms with Gasteiger partial charge in [-0.3, -0.25) is 4.79 Å². The monoisotopic (exact) mass is 248 g/mol. The zero-order valence-electron chi connectivity index (χ0n) is 10.6. The molecule has 0 spiro atoms. The molecule has 0 bridgehead atoms. The summed E-state index contributed by atoms with van der Waals surface area (Å²) >= 11 is 0. The lowest BCUT2D eigenvalue weighted by Gasteiger charge is -2.04. The van der Waals surface area contributed by atoms with Crippen LogP contribution < -0.4 is 10.6 Å². The van der Waals surface area contributed by atoms with Gasteiger partial charge in [0, 0.05) is 37.0 Å². The minimum atomic E-state index is 0.179. The Kier molecular flexibility index (Phi) is 4.52. The van der Waals surface area contributed by atoms with E-state index in [1.807, 2.05) is 12.4 Å². The summed E-state index contributed by atoms with van der Waals surface area (Å²) in [5.41, 5.74) is 1.12. The summed E-state index contributed by atoms with van der Waals surface area (Å²) in [5, 5.41) is 10.4. The molecule has 1 aromatic rings. The van der Waals surface area contributed by atoms with Crippen LogP contribution in [0.1, 0.15) is 31.2 Å². The van der Waals surface area contributed by atoms with Crippen LogP contribution in [0.25, 0.3) is 6.20 Å². The SMILES string of the molecule is C=Cn1cc(CNCCCC(=O)NC2CC2)cn1. The third-order valence-corrected chi connectivity index (χ3v) is 2.87. The van der Waals surface area contributed by atoms with Crippen molar-refractivity contribution in [2.75, 3.05) is 6.54 Å². The van der Waals surface area contributed by atoms with Gasteiger partial charge in [0.25, 0.3) is 0 Å². The maximum absolute atomic E-state index is 11.4. The van der Waals surface area contributed by atoms with Crippen molar-refractivity contribution in [3.63, 3.8) is 0 Å². The molecule has 0 aliphatic heterocycles. The van der Waals surface area contributed by atoms with Crippen LogP contribution in [0.4, 0.5) is 0 Å². The number of rotatable bonds is 8. The molecule has 1 amide bonds. The molecule has 0 saturated heterocycles. The highest BCUT2D eigenvalue weighted by atomic mass is 16.1. The molecular formula is C13H20N4O. The van der Waals surface area contributed by atoms with Gasteiger partial charge < -0.3 is 10.6 Å². The fraction of sp³-hybridized carbons (Fsp3) is 0.538. The Morgan fingerprint density at radius 2 is 2.44 bits per heavy atom. The van der Waals surface area contributed by atoms with E-state index in [2.05, 4.69) is 22.3 Å². The lowest BCUT2D eigenvalue weighted by molar-refractivity contribution is -0.121. The number of nitrogens with one attached hydrogen (secondary N) is 2. The fourth-order valence-electron chi connectivity index (χ4n) is 1.70. The molecule has 0 aromatic carbocycles. The molecule has 1 aromatic heterocycles. The molecule has 0 radical (unpaired) electrons. The normalized spacial score (nSPS) is 14.4. The molecule has 98 valence electrons. The highest BCUT2D eigenvalue weighted by Crippen LogP contribution is 2.18. The Morgan fingerprint density at radius 3 is 3.11 bits per heavy atom. The third-order valence-electron chi connectivity index (χ3n) is 2.87. The molecule has 1 saturated carbocycles. The van der Waals surface area contributed by atoms with E-state index in [9.17, 15) is 4.79 Å². The molecule has 1 fully saturated rings. The van der Waals surface area contributed by atoms with Crippen molar-refractivity contribution in [2.45, 2.75) is 38.3 Å². The van der Waals surface area contributed by atoms with Crippen LogP contribution >= 0.6 is 0 Å². The lowest BCUT2D eigenvalue weighted by atomic mass is 10.3. The largest absolute Gasteiger partial charge is 0.353 e. The molecule has 18 heavy (non-hydrogen) atoms. The van der Waals surface area contributed by atoms with E-state index in [-0.39, 0.29) is 5.91 Å². The average molecular weight is 248 g/mol. The zero-order chi connectivity index (χ0) is 12.8. The third kappa shape index (κ3) is 4.33. The summed E-state index contributed by atoms with van der Waals surface area (Å²) in [7, 11) is 0. The Labute approximate surface area is 107 Å². The van der Waals surface area contributed by atoms with Crippen molar-refractivity contribution in [1.82, 2.24) is 20.4 Å². The molecule has 2 N–H and O–H groups in total. The minimum absolute atomic E-state index is 0.179. The van der Waals surface area contributed by atoms with E-state index >= 15 is 0 Å². The number of hydrogen-bond acceptors (Lipinski definition) is 3. The van der Waals surface area contributed by atoms with Crippen LogP contribution in [0.5, 0.6) is 0 Å². The molecule has 1 aliphatic carbocycles. The molecule has 1 heterocycles. The smallest absolute Gasteiger partial charge is 0.220 e. The van der Waals surface area contributed by atoms with Gasteiger partial charge in [0.15, 0.2) is 0 Å². The second kappa shape index (κ2) is 6.35. The predicted octanol–water partition coefficient (Wildman–Crippen LogP) is 1.13. The number of hydrogen-bond donors (Lipinski definition) is 2. The minimum Gasteiger partial charge on any atom is -0.353 e. The van der Waals surface area contributed by atoms with Crippen molar-refractivity contribution in [2.24, 2.45) is 0 Å². The lowest BCUT2D eigenvalue weighted by Crippen LogP contribution is -2.26. The number of nitrogens with zero attached hydrogens (tertiary/aromatic N) is 2. The summed E-state index contributed by atoms with van der Waals surface area (Å²) in [5.74, 6) is 0.179. The Hall–Kier alpha value is -1.62. The van der Waals surface area contributed by atoms with Crippen LogP contribution in [0, 0.1) is 0 Å². The van der Waals surface area contributed by atoms with Crippen LogP contribution in [0.3, 0.4) is 0 Å². The summed E-state index contributed by atoms with van der Waals surface area (Å²) in [6, 6.07) is 0.468. The van der Waals surface area contributed by atoms with Gasteiger partial charge in [-0.05, 0) is 25.8 Å². The van der Waals surface area contributed by atoms with E-state index < -0.39 is 0 Å². The van der Waals surface area contributed by atoms with Crippen LogP contribution in [-0.4, -0.2) is 28.3 Å². The number of carbonyl (C=O) groups excluding carboxylic acids is 1. The van der Waals surface area contributed by atoms with Crippen LogP contribution in [0.15, 0.2) is 19.0 Å². The van der Waals surface area contributed by atoms with Gasteiger partial charge in [-0.15, -0.1) is 0 Å². The Bertz CT molecular complexity index is 409. The average Bonchev–Trinajstić information content (AvgIpc) is 3.05. The molecule has 0 atom stereocenters.